The van der Waals surface area contributed by atoms with Crippen molar-refractivity contribution in [1.82, 2.24) is 19.5 Å². The number of imidazole rings is 1. The van der Waals surface area contributed by atoms with Gasteiger partial charge in [-0.3, -0.25) is 18.9 Å². The molecule has 0 bridgehead atoms. The first-order valence-electron chi connectivity index (χ1n) is 9.49. The SMILES string of the molecule is Nc1nc2c(ncn2[C@@H]2O[C@H](COP(=O)(O)O)[C@@H](O)[C@]2(O)[C@@H]2O[C@H](CO)[C@@H](O)[C@H]2O)c(=O)[nH]1. The van der Waals surface area contributed by atoms with E-state index in [1.165, 1.54) is 0 Å². The molecular formula is C15H22N5O12P. The van der Waals surface area contributed by atoms with Crippen LogP contribution in [0.1, 0.15) is 6.23 Å². The van der Waals surface area contributed by atoms with Gasteiger partial charge in [0.2, 0.25) is 5.95 Å². The molecule has 0 aliphatic carbocycles. The maximum Gasteiger partial charge on any atom is 0.469 e. The molecule has 8 atom stereocenters. The quantitative estimate of drug-likeness (QED) is 0.170. The van der Waals surface area contributed by atoms with Crippen molar-refractivity contribution in [3.05, 3.63) is 16.7 Å². The molecule has 18 heteroatoms. The summed E-state index contributed by atoms with van der Waals surface area (Å²) in [4.78, 5) is 40.1. The largest absolute Gasteiger partial charge is 0.469 e. The molecule has 33 heavy (non-hydrogen) atoms. The fourth-order valence-electron chi connectivity index (χ4n) is 4.09. The Morgan fingerprint density at radius 3 is 2.55 bits per heavy atom. The van der Waals surface area contributed by atoms with E-state index in [0.717, 1.165) is 10.9 Å². The van der Waals surface area contributed by atoms with Crippen LogP contribution in [0.5, 0.6) is 0 Å². The fraction of sp³-hybridized carbons (Fsp3) is 0.667. The summed E-state index contributed by atoms with van der Waals surface area (Å²) in [5.41, 5.74) is 1.80. The van der Waals surface area contributed by atoms with Crippen LogP contribution < -0.4 is 11.3 Å². The van der Waals surface area contributed by atoms with Crippen LogP contribution in [-0.2, 0) is 18.6 Å². The molecule has 2 fully saturated rings. The van der Waals surface area contributed by atoms with Gasteiger partial charge in [0.25, 0.3) is 5.56 Å². The number of hydrogen-bond acceptors (Lipinski definition) is 13. The number of fused-ring (bicyclic) bond motifs is 1. The Labute approximate surface area is 183 Å². The van der Waals surface area contributed by atoms with Gasteiger partial charge in [-0.2, -0.15) is 4.98 Å². The van der Waals surface area contributed by atoms with Gasteiger partial charge < -0.3 is 50.5 Å². The number of phosphoric acid groups is 1. The number of aliphatic hydroxyl groups excluding tert-OH is 4. The van der Waals surface area contributed by atoms with Gasteiger partial charge in [-0.05, 0) is 0 Å². The molecule has 10 N–H and O–H groups in total. The zero-order chi connectivity index (χ0) is 24.3. The Morgan fingerprint density at radius 2 is 1.94 bits per heavy atom. The molecule has 0 amide bonds. The third kappa shape index (κ3) is 3.96. The molecule has 0 saturated carbocycles. The summed E-state index contributed by atoms with van der Waals surface area (Å²) in [6.07, 6.45) is -10.9. The number of nitrogens with two attached hydrogens (primary N) is 1. The number of anilines is 1. The van der Waals surface area contributed by atoms with E-state index in [9.17, 15) is 34.9 Å². The molecule has 4 rings (SSSR count). The van der Waals surface area contributed by atoms with Crippen LogP contribution in [0, 0.1) is 0 Å². The van der Waals surface area contributed by atoms with Crippen LogP contribution in [0.4, 0.5) is 5.95 Å². The van der Waals surface area contributed by atoms with Crippen LogP contribution in [0.2, 0.25) is 0 Å². The van der Waals surface area contributed by atoms with Gasteiger partial charge >= 0.3 is 7.82 Å². The highest BCUT2D eigenvalue weighted by Crippen LogP contribution is 2.47. The predicted octanol–water partition coefficient (Wildman–Crippen LogP) is -4.72. The lowest BCUT2D eigenvalue weighted by Gasteiger charge is -2.37. The highest BCUT2D eigenvalue weighted by Gasteiger charge is 2.66. The van der Waals surface area contributed by atoms with Crippen molar-refractivity contribution in [2.45, 2.75) is 48.5 Å². The van der Waals surface area contributed by atoms with Crippen LogP contribution in [0.3, 0.4) is 0 Å². The molecule has 2 saturated heterocycles. The smallest absolute Gasteiger partial charge is 0.394 e. The standard InChI is InChI=1S/C15H22N5O12P/c16-14-18-11-6(12(25)19-14)17-3-20(11)13-15(26,10-8(23)7(22)4(1-21)31-10)9(24)5(32-13)2-30-33(27,28)29/h3-5,7-10,13,21-24,26H,1-2H2,(H2,27,28,29)(H3,16,18,19,25)/t4-,5-,7-,8-,9-,10-,13-,15+/m1/s1. The minimum Gasteiger partial charge on any atom is -0.394 e. The average Bonchev–Trinajstić information content (AvgIpc) is 3.35. The van der Waals surface area contributed by atoms with Crippen molar-refractivity contribution in [3.8, 4) is 0 Å². The van der Waals surface area contributed by atoms with Crippen LogP contribution in [0.15, 0.2) is 11.1 Å². The molecule has 0 radical (unpaired) electrons. The number of nitrogen functional groups attached to an aromatic ring is 1. The third-order valence-electron chi connectivity index (χ3n) is 5.63. The lowest BCUT2D eigenvalue weighted by molar-refractivity contribution is -0.200. The Morgan fingerprint density at radius 1 is 1.24 bits per heavy atom. The highest BCUT2D eigenvalue weighted by molar-refractivity contribution is 7.46. The number of H-pyrrole nitrogens is 1. The minimum atomic E-state index is -5.00. The number of ether oxygens (including phenoxy) is 2. The Balaban J connectivity index is 1.81. The van der Waals surface area contributed by atoms with Gasteiger partial charge in [0, 0.05) is 0 Å². The van der Waals surface area contributed by atoms with Crippen LogP contribution in [0.25, 0.3) is 11.2 Å². The fourth-order valence-corrected chi connectivity index (χ4v) is 4.43. The van der Waals surface area contributed by atoms with Crippen molar-refractivity contribution in [2.24, 2.45) is 0 Å². The van der Waals surface area contributed by atoms with Crippen LogP contribution >= 0.6 is 7.82 Å². The molecule has 4 heterocycles. The number of aromatic nitrogens is 4. The van der Waals surface area contributed by atoms with Crippen molar-refractivity contribution < 1.29 is 53.9 Å². The molecule has 184 valence electrons. The first-order valence-corrected chi connectivity index (χ1v) is 11.0. The van der Waals surface area contributed by atoms with Gasteiger partial charge in [-0.1, -0.05) is 0 Å². The number of rotatable bonds is 6. The third-order valence-corrected chi connectivity index (χ3v) is 6.12. The molecular weight excluding hydrogens is 473 g/mol. The number of aromatic amines is 1. The first kappa shape index (κ1) is 24.1. The minimum absolute atomic E-state index is 0.199. The van der Waals surface area contributed by atoms with E-state index in [2.05, 4.69) is 19.5 Å². The van der Waals surface area contributed by atoms with E-state index >= 15 is 0 Å². The summed E-state index contributed by atoms with van der Waals surface area (Å²) in [6.45, 7) is -1.64. The van der Waals surface area contributed by atoms with Gasteiger partial charge in [0.15, 0.2) is 23.0 Å². The summed E-state index contributed by atoms with van der Waals surface area (Å²) in [6, 6.07) is 0. The molecule has 0 spiro atoms. The number of hydrogen-bond donors (Lipinski definition) is 9. The number of phosphoric ester groups is 1. The van der Waals surface area contributed by atoms with E-state index in [-0.39, 0.29) is 17.1 Å². The summed E-state index contributed by atoms with van der Waals surface area (Å²) in [7, 11) is -5.00. The van der Waals surface area contributed by atoms with Gasteiger partial charge in [0.05, 0.1) is 19.5 Å². The molecule has 0 unspecified atom stereocenters. The van der Waals surface area contributed by atoms with E-state index in [0.29, 0.717) is 0 Å². The highest BCUT2D eigenvalue weighted by atomic mass is 31.2. The first-order chi connectivity index (χ1) is 15.4. The van der Waals surface area contributed by atoms with Crippen molar-refractivity contribution >= 4 is 24.9 Å². The van der Waals surface area contributed by atoms with Gasteiger partial charge in [-0.15, -0.1) is 0 Å². The Hall–Kier alpha value is -2.02. The molecule has 2 aliphatic heterocycles. The maximum absolute atomic E-state index is 12.1. The number of nitrogens with zero attached hydrogens (tertiary/aromatic N) is 3. The topological polar surface area (TPSA) is 276 Å². The lowest BCUT2D eigenvalue weighted by atomic mass is 9.84. The summed E-state index contributed by atoms with van der Waals surface area (Å²) < 4.78 is 27.5. The molecule has 17 nitrogen and oxygen atoms in total. The monoisotopic (exact) mass is 495 g/mol. The van der Waals surface area contributed by atoms with Crippen molar-refractivity contribution in [3.63, 3.8) is 0 Å². The molecule has 0 aromatic carbocycles. The second kappa shape index (κ2) is 8.33. The van der Waals surface area contributed by atoms with Crippen molar-refractivity contribution in [1.29, 1.82) is 0 Å². The lowest BCUT2D eigenvalue weighted by Crippen LogP contribution is -2.59. The molecule has 2 aromatic rings. The van der Waals surface area contributed by atoms with E-state index in [4.69, 9.17) is 25.0 Å². The second-order valence-corrected chi connectivity index (χ2v) is 8.92. The van der Waals surface area contributed by atoms with E-state index < -0.39 is 75.0 Å². The summed E-state index contributed by atoms with van der Waals surface area (Å²) in [5.74, 6) is -0.314. The summed E-state index contributed by atoms with van der Waals surface area (Å²) in [5, 5.41) is 52.5. The van der Waals surface area contributed by atoms with Crippen LogP contribution in [-0.4, -0.2) is 110 Å². The number of aliphatic hydroxyl groups is 5. The molecule has 2 aliphatic rings. The molecule has 2 aromatic heterocycles. The predicted molar refractivity (Wildman–Crippen MR) is 103 cm³/mol. The Bertz CT molecular complexity index is 1140. The second-order valence-electron chi connectivity index (χ2n) is 7.68. The normalized spacial score (nSPS) is 37.2. The van der Waals surface area contributed by atoms with E-state index in [1.807, 2.05) is 0 Å². The Kier molecular flexibility index (Phi) is 6.09. The maximum atomic E-state index is 12.1. The van der Waals surface area contributed by atoms with Gasteiger partial charge in [0.1, 0.15) is 36.6 Å². The average molecular weight is 495 g/mol. The number of nitrogens with one attached hydrogen (secondary N) is 1. The van der Waals surface area contributed by atoms with Crippen molar-refractivity contribution in [2.75, 3.05) is 18.9 Å². The van der Waals surface area contributed by atoms with E-state index in [1.54, 1.807) is 0 Å². The summed E-state index contributed by atoms with van der Waals surface area (Å²) >= 11 is 0. The van der Waals surface area contributed by atoms with Gasteiger partial charge in [-0.25, -0.2) is 9.55 Å². The zero-order valence-electron chi connectivity index (χ0n) is 16.6. The zero-order valence-corrected chi connectivity index (χ0v) is 17.5.